The van der Waals surface area contributed by atoms with Crippen molar-refractivity contribution in [3.8, 4) is 11.4 Å². The molecule has 2 aromatic rings. The van der Waals surface area contributed by atoms with Crippen LogP contribution in [0.5, 0.6) is 0 Å². The number of anilines is 2. The van der Waals surface area contributed by atoms with Gasteiger partial charge >= 0.3 is 6.03 Å². The Morgan fingerprint density at radius 3 is 2.53 bits per heavy atom. The summed E-state index contributed by atoms with van der Waals surface area (Å²) >= 11 is -2.13. The Morgan fingerprint density at radius 2 is 1.91 bits per heavy atom. The van der Waals surface area contributed by atoms with Gasteiger partial charge in [-0.3, -0.25) is 4.21 Å². The fourth-order valence-electron chi connectivity index (χ4n) is 3.92. The average molecular weight is 457 g/mol. The molecule has 170 valence electrons. The standard InChI is InChI=1S/C22H27N5O4S/c28-21(24-17-5-6-17)23-16-3-1-15(2-4-16)20-25-18(22(7-8-22)14-32(29)30)13-19(26-20)27-9-11-31-12-10-27/h1-4,13,17H,5-12,14H2,(H,29,30)(H2,23,24,28)/p-1. The fraction of sp³-hybridized carbons (Fsp3) is 0.500. The van der Waals surface area contributed by atoms with Gasteiger partial charge in [-0.15, -0.1) is 0 Å². The van der Waals surface area contributed by atoms with Crippen LogP contribution in [0, 0.1) is 0 Å². The smallest absolute Gasteiger partial charge is 0.319 e. The number of morpholine rings is 1. The normalized spacial score (nSPS) is 20.5. The quantitative estimate of drug-likeness (QED) is 0.613. The highest BCUT2D eigenvalue weighted by Crippen LogP contribution is 2.48. The van der Waals surface area contributed by atoms with Crippen LogP contribution in [0.25, 0.3) is 11.4 Å². The second-order valence-corrected chi connectivity index (χ2v) is 9.61. The van der Waals surface area contributed by atoms with E-state index < -0.39 is 16.5 Å². The first kappa shape index (κ1) is 21.3. The SMILES string of the molecule is O=C(Nc1ccc(-c2nc(N3CCOCC3)cc(C3(CS(=O)[O-])CC3)n2)cc1)NC1CC1. The number of hydrogen-bond donors (Lipinski definition) is 2. The summed E-state index contributed by atoms with van der Waals surface area (Å²) in [6.07, 6.45) is 3.68. The van der Waals surface area contributed by atoms with Gasteiger partial charge in [0.1, 0.15) is 5.82 Å². The molecule has 1 unspecified atom stereocenters. The fourth-order valence-corrected chi connectivity index (χ4v) is 4.81. The summed E-state index contributed by atoms with van der Waals surface area (Å²) < 4.78 is 28.4. The molecule has 2 aliphatic carbocycles. The molecular formula is C22H26N5O4S-. The molecule has 0 spiro atoms. The van der Waals surface area contributed by atoms with Gasteiger partial charge in [0.05, 0.1) is 18.9 Å². The van der Waals surface area contributed by atoms with Crippen LogP contribution < -0.4 is 15.5 Å². The van der Waals surface area contributed by atoms with Gasteiger partial charge in [0, 0.05) is 47.6 Å². The van der Waals surface area contributed by atoms with Gasteiger partial charge in [0.25, 0.3) is 0 Å². The summed E-state index contributed by atoms with van der Waals surface area (Å²) in [6, 6.07) is 9.43. The number of nitrogens with zero attached hydrogens (tertiary/aromatic N) is 3. The van der Waals surface area contributed by atoms with Crippen molar-refractivity contribution in [1.29, 1.82) is 0 Å². The number of aromatic nitrogens is 2. The van der Waals surface area contributed by atoms with Gasteiger partial charge < -0.3 is 24.8 Å². The van der Waals surface area contributed by atoms with E-state index in [9.17, 15) is 13.6 Å². The molecule has 1 saturated heterocycles. The number of urea groups is 1. The third-order valence-corrected chi connectivity index (χ3v) is 6.94. The van der Waals surface area contributed by atoms with E-state index in [-0.39, 0.29) is 11.8 Å². The van der Waals surface area contributed by atoms with E-state index in [1.807, 2.05) is 30.3 Å². The van der Waals surface area contributed by atoms with E-state index in [0.29, 0.717) is 30.8 Å². The maximum atomic E-state index is 12.0. The highest BCUT2D eigenvalue weighted by molar-refractivity contribution is 7.79. The number of nitrogens with one attached hydrogen (secondary N) is 2. The monoisotopic (exact) mass is 456 g/mol. The maximum absolute atomic E-state index is 12.0. The first-order chi connectivity index (χ1) is 15.5. The average Bonchev–Trinajstić information content (AvgIpc) is 3.72. The van der Waals surface area contributed by atoms with Crippen molar-refractivity contribution in [2.45, 2.75) is 37.1 Å². The summed E-state index contributed by atoms with van der Waals surface area (Å²) in [6.45, 7) is 2.73. The number of hydrogen-bond acceptors (Lipinski definition) is 7. The van der Waals surface area contributed by atoms with E-state index in [0.717, 1.165) is 55.8 Å². The first-order valence-electron chi connectivity index (χ1n) is 11.0. The van der Waals surface area contributed by atoms with Crippen molar-refractivity contribution < 1.29 is 18.3 Å². The van der Waals surface area contributed by atoms with Gasteiger partial charge in [-0.1, -0.05) is 11.1 Å². The summed E-state index contributed by atoms with van der Waals surface area (Å²) in [5.41, 5.74) is 1.86. The molecule has 5 rings (SSSR count). The molecule has 9 nitrogen and oxygen atoms in total. The van der Waals surface area contributed by atoms with Crippen LogP contribution >= 0.6 is 0 Å². The summed E-state index contributed by atoms with van der Waals surface area (Å²) in [5.74, 6) is 1.42. The van der Waals surface area contributed by atoms with E-state index in [4.69, 9.17) is 14.7 Å². The number of carbonyl (C=O) groups is 1. The Bertz CT molecular complexity index is 1020. The molecule has 1 atom stereocenters. The highest BCUT2D eigenvalue weighted by Gasteiger charge is 2.46. The van der Waals surface area contributed by atoms with Crippen LogP contribution in [0.2, 0.25) is 0 Å². The van der Waals surface area contributed by atoms with Crippen LogP contribution in [0.15, 0.2) is 30.3 Å². The zero-order valence-electron chi connectivity index (χ0n) is 17.7. The van der Waals surface area contributed by atoms with E-state index in [1.165, 1.54) is 0 Å². The molecule has 3 fully saturated rings. The van der Waals surface area contributed by atoms with Crippen molar-refractivity contribution >= 4 is 28.6 Å². The number of benzene rings is 1. The van der Waals surface area contributed by atoms with Crippen LogP contribution in [-0.2, 0) is 21.2 Å². The van der Waals surface area contributed by atoms with E-state index in [2.05, 4.69) is 15.5 Å². The van der Waals surface area contributed by atoms with Crippen LogP contribution in [0.1, 0.15) is 31.4 Å². The first-order valence-corrected chi connectivity index (χ1v) is 12.2. The number of amides is 2. The Morgan fingerprint density at radius 1 is 1.19 bits per heavy atom. The molecule has 2 heterocycles. The minimum Gasteiger partial charge on any atom is -0.772 e. The van der Waals surface area contributed by atoms with Crippen molar-refractivity contribution in [1.82, 2.24) is 15.3 Å². The van der Waals surface area contributed by atoms with Crippen LogP contribution in [0.4, 0.5) is 16.3 Å². The third kappa shape index (κ3) is 4.92. The molecule has 10 heteroatoms. The highest BCUT2D eigenvalue weighted by atomic mass is 32.2. The van der Waals surface area contributed by atoms with Crippen LogP contribution in [0.3, 0.4) is 0 Å². The summed E-state index contributed by atoms with van der Waals surface area (Å²) in [7, 11) is 0. The van der Waals surface area contributed by atoms with Crippen molar-refractivity contribution in [2.75, 3.05) is 42.3 Å². The minimum atomic E-state index is -2.13. The number of carbonyl (C=O) groups excluding carboxylic acids is 1. The largest absolute Gasteiger partial charge is 0.772 e. The van der Waals surface area contributed by atoms with Crippen molar-refractivity contribution in [3.05, 3.63) is 36.0 Å². The molecule has 0 radical (unpaired) electrons. The molecule has 1 aliphatic heterocycles. The molecule has 2 saturated carbocycles. The second kappa shape index (κ2) is 8.76. The lowest BCUT2D eigenvalue weighted by Gasteiger charge is -2.29. The van der Waals surface area contributed by atoms with Gasteiger partial charge in [-0.05, 0) is 49.9 Å². The van der Waals surface area contributed by atoms with Crippen molar-refractivity contribution in [3.63, 3.8) is 0 Å². The summed E-state index contributed by atoms with van der Waals surface area (Å²) in [5, 5.41) is 5.74. The Balaban J connectivity index is 1.42. The van der Waals surface area contributed by atoms with Gasteiger partial charge in [-0.25, -0.2) is 14.8 Å². The van der Waals surface area contributed by atoms with E-state index in [1.54, 1.807) is 0 Å². The molecule has 2 N–H and O–H groups in total. The van der Waals surface area contributed by atoms with E-state index >= 15 is 0 Å². The lowest BCUT2D eigenvalue weighted by atomic mass is 10.0. The second-order valence-electron chi connectivity index (χ2n) is 8.71. The molecule has 0 bridgehead atoms. The summed E-state index contributed by atoms with van der Waals surface area (Å²) in [4.78, 5) is 23.7. The topological polar surface area (TPSA) is 120 Å². The number of rotatable bonds is 7. The zero-order valence-corrected chi connectivity index (χ0v) is 18.5. The Labute approximate surface area is 189 Å². The lowest BCUT2D eigenvalue weighted by molar-refractivity contribution is 0.122. The predicted molar refractivity (Wildman–Crippen MR) is 120 cm³/mol. The molecule has 3 aliphatic rings. The van der Waals surface area contributed by atoms with Gasteiger partial charge in [0.15, 0.2) is 5.82 Å². The molecule has 2 amide bonds. The predicted octanol–water partition coefficient (Wildman–Crippen LogP) is 2.17. The van der Waals surface area contributed by atoms with Gasteiger partial charge in [-0.2, -0.15) is 0 Å². The molecule has 1 aromatic heterocycles. The Hall–Kier alpha value is -2.56. The lowest BCUT2D eigenvalue weighted by Crippen LogP contribution is -2.37. The maximum Gasteiger partial charge on any atom is 0.319 e. The van der Waals surface area contributed by atoms with Crippen LogP contribution in [-0.4, -0.2) is 62.9 Å². The van der Waals surface area contributed by atoms with Gasteiger partial charge in [0.2, 0.25) is 0 Å². The Kier molecular flexibility index (Phi) is 5.83. The molecule has 1 aromatic carbocycles. The zero-order chi connectivity index (χ0) is 22.1. The molecule has 32 heavy (non-hydrogen) atoms. The minimum absolute atomic E-state index is 0.0744. The number of ether oxygens (including phenoxy) is 1. The molecular weight excluding hydrogens is 430 g/mol. The third-order valence-electron chi connectivity index (χ3n) is 6.15. The van der Waals surface area contributed by atoms with Crippen molar-refractivity contribution in [2.24, 2.45) is 0 Å².